The highest BCUT2D eigenvalue weighted by Gasteiger charge is 2.18. The number of aromatic carboxylic acids is 1. The highest BCUT2D eigenvalue weighted by Crippen LogP contribution is 2.26. The number of benzene rings is 1. The molecule has 1 saturated carbocycles. The lowest BCUT2D eigenvalue weighted by Gasteiger charge is -2.17. The molecule has 1 aliphatic carbocycles. The molecule has 0 unspecified atom stereocenters. The molecule has 0 radical (unpaired) electrons. The summed E-state index contributed by atoms with van der Waals surface area (Å²) in [6, 6.07) is 5.84. The number of rotatable bonds is 3. The summed E-state index contributed by atoms with van der Waals surface area (Å²) >= 11 is 0. The molecule has 0 heterocycles. The fraction of sp³-hybridized carbons (Fsp3) is 0.462. The molecule has 1 fully saturated rings. The Kier molecular flexibility index (Phi) is 3.13. The van der Waals surface area contributed by atoms with Gasteiger partial charge in [0.2, 0.25) is 0 Å². The quantitative estimate of drug-likeness (QED) is 0.821. The predicted octanol–water partition coefficient (Wildman–Crippen LogP) is 3.05. The van der Waals surface area contributed by atoms with Crippen LogP contribution in [0.15, 0.2) is 18.2 Å². The topological polar surface area (TPSA) is 49.3 Å². The minimum Gasteiger partial charge on any atom is -0.478 e. The molecule has 2 rings (SSSR count). The van der Waals surface area contributed by atoms with Crippen molar-refractivity contribution in [3.05, 3.63) is 29.3 Å². The molecular weight excluding hydrogens is 202 g/mol. The van der Waals surface area contributed by atoms with E-state index in [0.717, 1.165) is 24.1 Å². The summed E-state index contributed by atoms with van der Waals surface area (Å²) in [5, 5.41) is 12.5. The first-order chi connectivity index (χ1) is 7.68. The van der Waals surface area contributed by atoms with Gasteiger partial charge in [-0.3, -0.25) is 0 Å². The monoisotopic (exact) mass is 219 g/mol. The standard InChI is InChI=1S/C13H17NO2/c1-9-5-4-8-11(13(15)16)12(9)14-10-6-2-3-7-10/h4-5,8,10,14H,2-3,6-7H2,1H3,(H,15,16). The largest absolute Gasteiger partial charge is 0.478 e. The van der Waals surface area contributed by atoms with Crippen molar-refractivity contribution in [2.24, 2.45) is 0 Å². The van der Waals surface area contributed by atoms with E-state index in [1.165, 1.54) is 12.8 Å². The number of carboxylic acids is 1. The normalized spacial score (nSPS) is 16.3. The molecule has 3 nitrogen and oxygen atoms in total. The summed E-state index contributed by atoms with van der Waals surface area (Å²) in [4.78, 5) is 11.1. The third kappa shape index (κ3) is 2.18. The molecule has 0 spiro atoms. The van der Waals surface area contributed by atoms with Crippen LogP contribution in [0.2, 0.25) is 0 Å². The molecule has 2 N–H and O–H groups in total. The molecule has 0 saturated heterocycles. The third-order valence-electron chi connectivity index (χ3n) is 3.21. The smallest absolute Gasteiger partial charge is 0.337 e. The molecular formula is C13H17NO2. The summed E-state index contributed by atoms with van der Waals surface area (Å²) in [7, 11) is 0. The van der Waals surface area contributed by atoms with Gasteiger partial charge in [-0.1, -0.05) is 25.0 Å². The van der Waals surface area contributed by atoms with Crippen LogP contribution in [0, 0.1) is 6.92 Å². The Morgan fingerprint density at radius 2 is 2.06 bits per heavy atom. The Labute approximate surface area is 95.5 Å². The minimum atomic E-state index is -0.857. The molecule has 0 amide bonds. The number of para-hydroxylation sites is 1. The van der Waals surface area contributed by atoms with Gasteiger partial charge in [-0.15, -0.1) is 0 Å². The zero-order valence-electron chi connectivity index (χ0n) is 9.49. The Hall–Kier alpha value is -1.51. The lowest BCUT2D eigenvalue weighted by Crippen LogP contribution is -2.18. The van der Waals surface area contributed by atoms with Gasteiger partial charge in [-0.25, -0.2) is 4.79 Å². The van der Waals surface area contributed by atoms with E-state index in [-0.39, 0.29) is 0 Å². The van der Waals surface area contributed by atoms with Crippen LogP contribution < -0.4 is 5.32 Å². The van der Waals surface area contributed by atoms with Crippen molar-refractivity contribution >= 4 is 11.7 Å². The fourth-order valence-corrected chi connectivity index (χ4v) is 2.31. The first-order valence-electron chi connectivity index (χ1n) is 5.78. The summed E-state index contributed by atoms with van der Waals surface area (Å²) < 4.78 is 0. The summed E-state index contributed by atoms with van der Waals surface area (Å²) in [5.41, 5.74) is 2.18. The molecule has 3 heteroatoms. The van der Waals surface area contributed by atoms with Gasteiger partial charge >= 0.3 is 5.97 Å². The summed E-state index contributed by atoms with van der Waals surface area (Å²) in [5.74, 6) is -0.857. The first kappa shape index (κ1) is 11.0. The van der Waals surface area contributed by atoms with Crippen molar-refractivity contribution in [3.63, 3.8) is 0 Å². The zero-order valence-corrected chi connectivity index (χ0v) is 9.49. The van der Waals surface area contributed by atoms with Crippen LogP contribution in [-0.2, 0) is 0 Å². The fourth-order valence-electron chi connectivity index (χ4n) is 2.31. The molecule has 0 aromatic heterocycles. The van der Waals surface area contributed by atoms with Gasteiger partial charge < -0.3 is 10.4 Å². The van der Waals surface area contributed by atoms with E-state index in [0.29, 0.717) is 11.6 Å². The van der Waals surface area contributed by atoms with E-state index in [4.69, 9.17) is 5.11 Å². The van der Waals surface area contributed by atoms with Crippen molar-refractivity contribution in [2.75, 3.05) is 5.32 Å². The molecule has 1 aromatic carbocycles. The molecule has 16 heavy (non-hydrogen) atoms. The lowest BCUT2D eigenvalue weighted by molar-refractivity contribution is 0.0698. The zero-order chi connectivity index (χ0) is 11.5. The summed E-state index contributed by atoms with van der Waals surface area (Å²) in [6.45, 7) is 1.95. The van der Waals surface area contributed by atoms with Crippen LogP contribution in [0.4, 0.5) is 5.69 Å². The molecule has 86 valence electrons. The van der Waals surface area contributed by atoms with E-state index in [2.05, 4.69) is 5.32 Å². The average molecular weight is 219 g/mol. The number of hydrogen-bond donors (Lipinski definition) is 2. The first-order valence-corrected chi connectivity index (χ1v) is 5.78. The van der Waals surface area contributed by atoms with Crippen molar-refractivity contribution in [1.82, 2.24) is 0 Å². The summed E-state index contributed by atoms with van der Waals surface area (Å²) in [6.07, 6.45) is 4.78. The number of carbonyl (C=O) groups is 1. The Bertz CT molecular complexity index is 395. The van der Waals surface area contributed by atoms with Crippen molar-refractivity contribution in [2.45, 2.75) is 38.6 Å². The Morgan fingerprint density at radius 3 is 2.69 bits per heavy atom. The van der Waals surface area contributed by atoms with Crippen LogP contribution in [-0.4, -0.2) is 17.1 Å². The van der Waals surface area contributed by atoms with Gasteiger partial charge in [-0.2, -0.15) is 0 Å². The predicted molar refractivity (Wildman–Crippen MR) is 64.0 cm³/mol. The molecule has 0 bridgehead atoms. The maximum Gasteiger partial charge on any atom is 0.337 e. The average Bonchev–Trinajstić information content (AvgIpc) is 2.73. The number of carboxylic acid groups (broad SMARTS) is 1. The van der Waals surface area contributed by atoms with Gasteiger partial charge in [0.15, 0.2) is 0 Å². The van der Waals surface area contributed by atoms with Crippen molar-refractivity contribution in [1.29, 1.82) is 0 Å². The highest BCUT2D eigenvalue weighted by molar-refractivity contribution is 5.95. The van der Waals surface area contributed by atoms with Gasteiger partial charge in [-0.05, 0) is 31.4 Å². The molecule has 1 aromatic rings. The van der Waals surface area contributed by atoms with Gasteiger partial charge in [0.1, 0.15) is 0 Å². The van der Waals surface area contributed by atoms with Crippen LogP contribution in [0.5, 0.6) is 0 Å². The minimum absolute atomic E-state index is 0.381. The highest BCUT2D eigenvalue weighted by atomic mass is 16.4. The van der Waals surface area contributed by atoms with Gasteiger partial charge in [0.25, 0.3) is 0 Å². The maximum atomic E-state index is 11.1. The SMILES string of the molecule is Cc1cccc(C(=O)O)c1NC1CCCC1. The Balaban J connectivity index is 2.26. The second-order valence-corrected chi connectivity index (χ2v) is 4.43. The van der Waals surface area contributed by atoms with Crippen molar-refractivity contribution < 1.29 is 9.90 Å². The number of aryl methyl sites for hydroxylation is 1. The van der Waals surface area contributed by atoms with E-state index >= 15 is 0 Å². The second kappa shape index (κ2) is 4.56. The van der Waals surface area contributed by atoms with E-state index < -0.39 is 5.97 Å². The van der Waals surface area contributed by atoms with Crippen LogP contribution >= 0.6 is 0 Å². The maximum absolute atomic E-state index is 11.1. The lowest BCUT2D eigenvalue weighted by atomic mass is 10.1. The molecule has 0 aliphatic heterocycles. The van der Waals surface area contributed by atoms with E-state index in [1.807, 2.05) is 13.0 Å². The Morgan fingerprint density at radius 1 is 1.38 bits per heavy atom. The number of anilines is 1. The van der Waals surface area contributed by atoms with E-state index in [1.54, 1.807) is 12.1 Å². The molecule has 0 atom stereocenters. The number of hydrogen-bond acceptors (Lipinski definition) is 2. The van der Waals surface area contributed by atoms with Crippen LogP contribution in [0.3, 0.4) is 0 Å². The van der Waals surface area contributed by atoms with Crippen LogP contribution in [0.25, 0.3) is 0 Å². The third-order valence-corrected chi connectivity index (χ3v) is 3.21. The second-order valence-electron chi connectivity index (χ2n) is 4.43. The molecule has 1 aliphatic rings. The van der Waals surface area contributed by atoms with Crippen molar-refractivity contribution in [3.8, 4) is 0 Å². The van der Waals surface area contributed by atoms with Gasteiger partial charge in [0.05, 0.1) is 11.3 Å². The van der Waals surface area contributed by atoms with Crippen LogP contribution in [0.1, 0.15) is 41.6 Å². The number of nitrogens with one attached hydrogen (secondary N) is 1. The van der Waals surface area contributed by atoms with Gasteiger partial charge in [0, 0.05) is 6.04 Å². The van der Waals surface area contributed by atoms with E-state index in [9.17, 15) is 4.79 Å².